The molecule has 10 aromatic carbocycles. The van der Waals surface area contributed by atoms with E-state index in [-0.39, 0.29) is 0 Å². The Hall–Kier alpha value is -7.20. The quantitative estimate of drug-likeness (QED) is 0.163. The molecule has 0 spiro atoms. The van der Waals surface area contributed by atoms with Crippen molar-refractivity contribution in [2.75, 3.05) is 4.90 Å². The van der Waals surface area contributed by atoms with E-state index in [4.69, 9.17) is 0 Å². The molecule has 0 bridgehead atoms. The fourth-order valence-corrected chi connectivity index (χ4v) is 10.8. The van der Waals surface area contributed by atoms with Gasteiger partial charge in [-0.25, -0.2) is 0 Å². The second-order valence-corrected chi connectivity index (χ2v) is 16.4. The van der Waals surface area contributed by atoms with Crippen molar-refractivity contribution in [3.8, 4) is 11.1 Å². The molecule has 57 heavy (non-hydrogen) atoms. The van der Waals surface area contributed by atoms with Crippen LogP contribution in [0, 0.1) is 0 Å². The highest BCUT2D eigenvalue weighted by molar-refractivity contribution is 7.25. The number of fused-ring (bicyclic) bond motifs is 15. The number of hydrogen-bond acceptors (Lipinski definition) is 2. The van der Waals surface area contributed by atoms with Crippen LogP contribution < -0.4 is 4.90 Å². The Balaban J connectivity index is 1.04. The molecular weight excluding hydrogens is 709 g/mol. The van der Waals surface area contributed by atoms with Crippen molar-refractivity contribution in [3.05, 3.63) is 194 Å². The SMILES string of the molecule is c1ccc2c(c1)sc1ccc(-c3ccc(N(c4ccc5c6ccccc6c6ccccc6c5c4)c4ccc5c6cccc7c8ccccc8n(c5c4)c76)cc3)cc12. The normalized spacial score (nSPS) is 12.2. The van der Waals surface area contributed by atoms with Gasteiger partial charge in [0.2, 0.25) is 0 Å². The topological polar surface area (TPSA) is 7.65 Å². The molecule has 0 atom stereocenters. The van der Waals surface area contributed by atoms with Crippen molar-refractivity contribution in [2.24, 2.45) is 0 Å². The zero-order chi connectivity index (χ0) is 37.2. The van der Waals surface area contributed by atoms with Crippen LogP contribution in [0.15, 0.2) is 194 Å². The zero-order valence-corrected chi connectivity index (χ0v) is 31.6. The van der Waals surface area contributed by atoms with Crippen molar-refractivity contribution < 1.29 is 0 Å². The predicted molar refractivity (Wildman–Crippen MR) is 247 cm³/mol. The van der Waals surface area contributed by atoms with Crippen molar-refractivity contribution in [2.45, 2.75) is 0 Å². The summed E-state index contributed by atoms with van der Waals surface area (Å²) in [6.07, 6.45) is 0. The van der Waals surface area contributed by atoms with Crippen LogP contribution in [0.3, 0.4) is 0 Å². The van der Waals surface area contributed by atoms with Crippen LogP contribution in [0.4, 0.5) is 17.1 Å². The third-order valence-electron chi connectivity index (χ3n) is 12.3. The highest BCUT2D eigenvalue weighted by atomic mass is 32.1. The number of benzene rings is 10. The van der Waals surface area contributed by atoms with Crippen molar-refractivity contribution in [1.82, 2.24) is 4.40 Å². The molecule has 2 nitrogen and oxygen atoms in total. The van der Waals surface area contributed by atoms with Crippen LogP contribution in [0.2, 0.25) is 0 Å². The van der Waals surface area contributed by atoms with Crippen LogP contribution in [0.25, 0.3) is 102 Å². The summed E-state index contributed by atoms with van der Waals surface area (Å²) in [6.45, 7) is 0. The Morgan fingerprint density at radius 1 is 0.298 bits per heavy atom. The van der Waals surface area contributed by atoms with E-state index in [1.807, 2.05) is 11.3 Å². The summed E-state index contributed by atoms with van der Waals surface area (Å²) in [5.41, 5.74) is 9.55. The smallest absolute Gasteiger partial charge is 0.0620 e. The second-order valence-electron chi connectivity index (χ2n) is 15.3. The van der Waals surface area contributed by atoms with Crippen LogP contribution in [-0.4, -0.2) is 4.40 Å². The first-order valence-corrected chi connectivity index (χ1v) is 20.4. The fraction of sp³-hybridized carbons (Fsp3) is 0. The number of rotatable bonds is 4. The average molecular weight is 741 g/mol. The summed E-state index contributed by atoms with van der Waals surface area (Å²) in [7, 11) is 0. The van der Waals surface area contributed by atoms with Crippen molar-refractivity contribution in [1.29, 1.82) is 0 Å². The molecule has 0 aliphatic heterocycles. The maximum Gasteiger partial charge on any atom is 0.0620 e. The molecule has 0 amide bonds. The second kappa shape index (κ2) is 11.7. The fourth-order valence-electron chi connectivity index (χ4n) is 9.75. The summed E-state index contributed by atoms with van der Waals surface area (Å²) >= 11 is 1.86. The lowest BCUT2D eigenvalue weighted by Crippen LogP contribution is -2.10. The van der Waals surface area contributed by atoms with E-state index in [2.05, 4.69) is 203 Å². The Kier molecular flexibility index (Phi) is 6.35. The van der Waals surface area contributed by atoms with Gasteiger partial charge in [0.15, 0.2) is 0 Å². The van der Waals surface area contributed by atoms with Gasteiger partial charge in [-0.2, -0.15) is 0 Å². The van der Waals surface area contributed by atoms with E-state index in [0.717, 1.165) is 17.1 Å². The number of thiophene rings is 1. The third-order valence-corrected chi connectivity index (χ3v) is 13.4. The van der Waals surface area contributed by atoms with Gasteiger partial charge in [0.05, 0.1) is 16.6 Å². The summed E-state index contributed by atoms with van der Waals surface area (Å²) in [6, 6.07) is 72.1. The van der Waals surface area contributed by atoms with Gasteiger partial charge in [-0.15, -0.1) is 11.3 Å². The molecule has 0 saturated carbocycles. The highest BCUT2D eigenvalue weighted by Crippen LogP contribution is 2.45. The zero-order valence-electron chi connectivity index (χ0n) is 30.8. The first kappa shape index (κ1) is 31.1. The van der Waals surface area contributed by atoms with Gasteiger partial charge in [-0.05, 0) is 104 Å². The molecule has 0 fully saturated rings. The lowest BCUT2D eigenvalue weighted by Gasteiger charge is -2.26. The Morgan fingerprint density at radius 3 is 1.54 bits per heavy atom. The van der Waals surface area contributed by atoms with Crippen LogP contribution in [0.1, 0.15) is 0 Å². The van der Waals surface area contributed by atoms with Crippen LogP contribution >= 0.6 is 11.3 Å². The monoisotopic (exact) mass is 740 g/mol. The van der Waals surface area contributed by atoms with Gasteiger partial charge in [0.1, 0.15) is 0 Å². The molecule has 0 N–H and O–H groups in total. The first-order chi connectivity index (χ1) is 28.3. The third kappa shape index (κ3) is 4.40. The Labute approximate surface area is 332 Å². The highest BCUT2D eigenvalue weighted by Gasteiger charge is 2.21. The molecule has 0 radical (unpaired) electrons. The predicted octanol–water partition coefficient (Wildman–Crippen LogP) is 15.8. The molecule has 0 unspecified atom stereocenters. The number of aromatic nitrogens is 1. The molecule has 13 rings (SSSR count). The minimum atomic E-state index is 1.11. The maximum atomic E-state index is 2.48. The van der Waals surface area contributed by atoms with Crippen molar-refractivity contribution >= 4 is 119 Å². The molecular formula is C54H32N2S. The molecule has 13 aromatic rings. The minimum Gasteiger partial charge on any atom is -0.310 e. The summed E-state index contributed by atoms with van der Waals surface area (Å²) in [5.74, 6) is 0. The van der Waals surface area contributed by atoms with E-state index in [9.17, 15) is 0 Å². The van der Waals surface area contributed by atoms with Gasteiger partial charge in [-0.1, -0.05) is 133 Å². The number of anilines is 3. The Bertz CT molecular complexity index is 3720. The number of para-hydroxylation sites is 2. The van der Waals surface area contributed by atoms with Gasteiger partial charge in [0, 0.05) is 58.8 Å². The molecule has 3 aromatic heterocycles. The Morgan fingerprint density at radius 2 is 0.807 bits per heavy atom. The lowest BCUT2D eigenvalue weighted by atomic mass is 9.94. The summed E-state index contributed by atoms with van der Waals surface area (Å²) in [4.78, 5) is 2.44. The minimum absolute atomic E-state index is 1.11. The van der Waals surface area contributed by atoms with Gasteiger partial charge >= 0.3 is 0 Å². The lowest BCUT2D eigenvalue weighted by molar-refractivity contribution is 1.29. The average Bonchev–Trinajstić information content (AvgIpc) is 3.94. The molecule has 3 heteroatoms. The molecule has 3 heterocycles. The van der Waals surface area contributed by atoms with E-state index >= 15 is 0 Å². The van der Waals surface area contributed by atoms with E-state index in [0.29, 0.717) is 0 Å². The van der Waals surface area contributed by atoms with Gasteiger partial charge < -0.3 is 9.30 Å². The van der Waals surface area contributed by atoms with Crippen LogP contribution in [-0.2, 0) is 0 Å². The molecule has 0 aliphatic carbocycles. The number of hydrogen-bond donors (Lipinski definition) is 0. The standard InChI is InChI=1S/C54H32N2S/c1-2-12-40-38(10-1)39-11-3-4-13-41(39)48-31-36(25-27-42(40)48)55(35-23-20-33(21-24-35)34-22-29-53-49(30-34)45-15-6-8-19-52(45)57-53)37-26-28-44-47-17-9-16-46-43-14-5-7-18-50(43)56(54(46)47)51(44)32-37/h1-32H. The summed E-state index contributed by atoms with van der Waals surface area (Å²) in [5, 5.41) is 15.4. The van der Waals surface area contributed by atoms with Gasteiger partial charge in [-0.3, -0.25) is 0 Å². The largest absolute Gasteiger partial charge is 0.310 e. The molecule has 264 valence electrons. The number of nitrogens with zero attached hydrogens (tertiary/aromatic N) is 2. The van der Waals surface area contributed by atoms with Gasteiger partial charge in [0.25, 0.3) is 0 Å². The van der Waals surface area contributed by atoms with E-state index in [1.165, 1.54) is 102 Å². The van der Waals surface area contributed by atoms with Crippen molar-refractivity contribution in [3.63, 3.8) is 0 Å². The first-order valence-electron chi connectivity index (χ1n) is 19.6. The van der Waals surface area contributed by atoms with E-state index < -0.39 is 0 Å². The molecule has 0 aliphatic rings. The van der Waals surface area contributed by atoms with E-state index in [1.54, 1.807) is 0 Å². The summed E-state index contributed by atoms with van der Waals surface area (Å²) < 4.78 is 5.13. The maximum absolute atomic E-state index is 2.48. The molecule has 0 saturated heterocycles. The van der Waals surface area contributed by atoms with Crippen LogP contribution in [0.5, 0.6) is 0 Å².